The molecule has 0 aliphatic carbocycles. The van der Waals surface area contributed by atoms with Gasteiger partial charge in [0.25, 0.3) is 0 Å². The molecule has 0 amide bonds. The zero-order valence-corrected chi connectivity index (χ0v) is 17.0. The Morgan fingerprint density at radius 2 is 1.67 bits per heavy atom. The second-order valence-corrected chi connectivity index (χ2v) is 8.00. The summed E-state index contributed by atoms with van der Waals surface area (Å²) in [7, 11) is 1.29. The summed E-state index contributed by atoms with van der Waals surface area (Å²) in [6.45, 7) is 3.42. The molecule has 1 fully saturated rings. The summed E-state index contributed by atoms with van der Waals surface area (Å²) in [6, 6.07) is 5.32. The van der Waals surface area contributed by atoms with Crippen molar-refractivity contribution < 1.29 is 26.3 Å². The summed E-state index contributed by atoms with van der Waals surface area (Å²) in [5.41, 5.74) is -0.0975. The van der Waals surface area contributed by atoms with Crippen LogP contribution in [0.25, 0.3) is 0 Å². The molecule has 30 heavy (non-hydrogen) atoms. The van der Waals surface area contributed by atoms with Crippen LogP contribution in [-0.4, -0.2) is 58.1 Å². The third-order valence-corrected chi connectivity index (χ3v) is 5.96. The molecule has 5 nitrogen and oxygen atoms in total. The maximum absolute atomic E-state index is 12.9. The number of hydrogen-bond donors (Lipinski definition) is 0. The van der Waals surface area contributed by atoms with Crippen LogP contribution in [0.4, 0.5) is 32.0 Å². The van der Waals surface area contributed by atoms with E-state index in [1.807, 2.05) is 4.90 Å². The SMILES string of the molecule is Cn1c(SCCCN2CCN(c3cccc(C(F)(F)F)c3)CC2)nnc1C(F)(F)F. The Morgan fingerprint density at radius 3 is 2.27 bits per heavy atom. The average molecular weight is 453 g/mol. The van der Waals surface area contributed by atoms with Crippen LogP contribution < -0.4 is 4.90 Å². The van der Waals surface area contributed by atoms with E-state index in [1.54, 1.807) is 6.07 Å². The van der Waals surface area contributed by atoms with E-state index in [2.05, 4.69) is 15.1 Å². The van der Waals surface area contributed by atoms with Crippen molar-refractivity contribution in [2.45, 2.75) is 23.9 Å². The molecule has 0 bridgehead atoms. The quantitative estimate of drug-likeness (QED) is 0.373. The highest BCUT2D eigenvalue weighted by molar-refractivity contribution is 7.99. The second-order valence-electron chi connectivity index (χ2n) is 6.94. The lowest BCUT2D eigenvalue weighted by Gasteiger charge is -2.36. The number of thioether (sulfide) groups is 1. The van der Waals surface area contributed by atoms with E-state index in [0.29, 0.717) is 37.6 Å². The molecule has 0 N–H and O–H groups in total. The Morgan fingerprint density at radius 1 is 0.967 bits per heavy atom. The molecule has 1 aliphatic rings. The Hall–Kier alpha value is -1.95. The number of halogens is 6. The summed E-state index contributed by atoms with van der Waals surface area (Å²) >= 11 is 1.22. The largest absolute Gasteiger partial charge is 0.451 e. The minimum absolute atomic E-state index is 0.219. The zero-order chi connectivity index (χ0) is 21.9. The Bertz CT molecular complexity index is 842. The minimum Gasteiger partial charge on any atom is -0.369 e. The maximum atomic E-state index is 12.9. The van der Waals surface area contributed by atoms with Gasteiger partial charge in [0.05, 0.1) is 5.56 Å². The average Bonchev–Trinajstić information content (AvgIpc) is 3.06. The number of nitrogens with zero attached hydrogens (tertiary/aromatic N) is 5. The van der Waals surface area contributed by atoms with Gasteiger partial charge >= 0.3 is 12.4 Å². The first-order chi connectivity index (χ1) is 14.1. The number of aromatic nitrogens is 3. The first-order valence-corrected chi connectivity index (χ1v) is 10.3. The van der Waals surface area contributed by atoms with Gasteiger partial charge in [0.1, 0.15) is 0 Å². The van der Waals surface area contributed by atoms with Gasteiger partial charge in [-0.3, -0.25) is 4.90 Å². The van der Waals surface area contributed by atoms with Crippen LogP contribution in [0.5, 0.6) is 0 Å². The van der Waals surface area contributed by atoms with Crippen molar-refractivity contribution in [2.75, 3.05) is 43.4 Å². The first-order valence-electron chi connectivity index (χ1n) is 9.29. The van der Waals surface area contributed by atoms with Gasteiger partial charge in [-0.15, -0.1) is 10.2 Å². The van der Waals surface area contributed by atoms with Gasteiger partial charge in [-0.1, -0.05) is 17.8 Å². The highest BCUT2D eigenvalue weighted by Gasteiger charge is 2.37. The Balaban J connectivity index is 1.42. The molecule has 1 aromatic carbocycles. The van der Waals surface area contributed by atoms with Crippen molar-refractivity contribution in [3.05, 3.63) is 35.7 Å². The number of piperazine rings is 1. The monoisotopic (exact) mass is 453 g/mol. The number of hydrogen-bond acceptors (Lipinski definition) is 5. The molecule has 0 unspecified atom stereocenters. The van der Waals surface area contributed by atoms with Crippen LogP contribution in [-0.2, 0) is 19.4 Å². The zero-order valence-electron chi connectivity index (χ0n) is 16.2. The summed E-state index contributed by atoms with van der Waals surface area (Å²) in [4.78, 5) is 4.13. The Labute approximate surface area is 174 Å². The van der Waals surface area contributed by atoms with E-state index in [9.17, 15) is 26.3 Å². The van der Waals surface area contributed by atoms with Crippen molar-refractivity contribution in [1.82, 2.24) is 19.7 Å². The van der Waals surface area contributed by atoms with Crippen LogP contribution in [0.2, 0.25) is 0 Å². The third-order valence-electron chi connectivity index (χ3n) is 4.85. The van der Waals surface area contributed by atoms with Crippen LogP contribution in [0.15, 0.2) is 29.4 Å². The van der Waals surface area contributed by atoms with E-state index in [4.69, 9.17) is 0 Å². The van der Waals surface area contributed by atoms with Crippen molar-refractivity contribution in [3.8, 4) is 0 Å². The van der Waals surface area contributed by atoms with Gasteiger partial charge in [-0.2, -0.15) is 26.3 Å². The molecule has 166 valence electrons. The molecule has 2 heterocycles. The molecule has 1 saturated heterocycles. The smallest absolute Gasteiger partial charge is 0.369 e. The summed E-state index contributed by atoms with van der Waals surface area (Å²) in [5, 5.41) is 7.00. The maximum Gasteiger partial charge on any atom is 0.451 e. The van der Waals surface area contributed by atoms with E-state index in [1.165, 1.54) is 30.9 Å². The topological polar surface area (TPSA) is 37.2 Å². The van der Waals surface area contributed by atoms with Gasteiger partial charge in [-0.05, 0) is 31.2 Å². The molecule has 3 rings (SSSR count). The predicted molar refractivity (Wildman–Crippen MR) is 101 cm³/mol. The fourth-order valence-corrected chi connectivity index (χ4v) is 4.08. The molecular weight excluding hydrogens is 432 g/mol. The van der Waals surface area contributed by atoms with Crippen LogP contribution in [0.1, 0.15) is 17.8 Å². The number of alkyl halides is 6. The molecule has 0 spiro atoms. The molecule has 1 aromatic heterocycles. The highest BCUT2D eigenvalue weighted by Crippen LogP contribution is 2.32. The predicted octanol–water partition coefficient (Wildman–Crippen LogP) is 4.16. The van der Waals surface area contributed by atoms with Crippen LogP contribution >= 0.6 is 11.8 Å². The highest BCUT2D eigenvalue weighted by atomic mass is 32.2. The molecule has 0 atom stereocenters. The first kappa shape index (κ1) is 22.7. The number of rotatable bonds is 6. The second kappa shape index (κ2) is 9.04. The van der Waals surface area contributed by atoms with Gasteiger partial charge < -0.3 is 9.47 Å². The summed E-state index contributed by atoms with van der Waals surface area (Å²) < 4.78 is 77.8. The van der Waals surface area contributed by atoms with Crippen molar-refractivity contribution in [3.63, 3.8) is 0 Å². The molecule has 0 saturated carbocycles. The normalized spacial score (nSPS) is 16.3. The lowest BCUT2D eigenvalue weighted by Crippen LogP contribution is -2.46. The fourth-order valence-electron chi connectivity index (χ4n) is 3.25. The van der Waals surface area contributed by atoms with Gasteiger partial charge in [0.2, 0.25) is 5.82 Å². The summed E-state index contributed by atoms with van der Waals surface area (Å²) in [6.07, 6.45) is -8.14. The molecule has 12 heteroatoms. The third kappa shape index (κ3) is 5.60. The lowest BCUT2D eigenvalue weighted by molar-refractivity contribution is -0.147. The fraction of sp³-hybridized carbons (Fsp3) is 0.556. The Kier molecular flexibility index (Phi) is 6.85. The number of benzene rings is 1. The van der Waals surface area contributed by atoms with E-state index < -0.39 is 23.7 Å². The van der Waals surface area contributed by atoms with Crippen molar-refractivity contribution in [1.29, 1.82) is 0 Å². The molecular formula is C18H21F6N5S. The van der Waals surface area contributed by atoms with Crippen LogP contribution in [0.3, 0.4) is 0 Å². The minimum atomic E-state index is -4.53. The molecule has 2 aromatic rings. The van der Waals surface area contributed by atoms with Gasteiger partial charge in [0, 0.05) is 44.7 Å². The lowest BCUT2D eigenvalue weighted by atomic mass is 10.1. The van der Waals surface area contributed by atoms with Crippen molar-refractivity contribution >= 4 is 17.4 Å². The molecule has 1 aliphatic heterocycles. The van der Waals surface area contributed by atoms with Crippen LogP contribution in [0, 0.1) is 0 Å². The summed E-state index contributed by atoms with van der Waals surface area (Å²) in [5.74, 6) is -0.423. The van der Waals surface area contributed by atoms with Gasteiger partial charge in [0.15, 0.2) is 5.16 Å². The van der Waals surface area contributed by atoms with Gasteiger partial charge in [-0.25, -0.2) is 0 Å². The molecule has 0 radical (unpaired) electrons. The number of anilines is 1. The van der Waals surface area contributed by atoms with Crippen molar-refractivity contribution in [2.24, 2.45) is 7.05 Å². The van der Waals surface area contributed by atoms with E-state index >= 15 is 0 Å². The standard InChI is InChI=1S/C18H21F6N5S/c1-27-15(18(22,23)24)25-26-16(27)30-11-3-6-28-7-9-29(10-8-28)14-5-2-4-13(12-14)17(19,20)21/h2,4-5,12H,3,6-11H2,1H3. The van der Waals surface area contributed by atoms with E-state index in [0.717, 1.165) is 23.6 Å². The van der Waals surface area contributed by atoms with E-state index in [-0.39, 0.29) is 5.16 Å².